The van der Waals surface area contributed by atoms with E-state index in [2.05, 4.69) is 0 Å². The molecule has 1 heterocycles. The number of hydrogen-bond acceptors (Lipinski definition) is 2. The Labute approximate surface area is 80.8 Å². The van der Waals surface area contributed by atoms with E-state index in [0.717, 1.165) is 5.39 Å². The molecule has 0 atom stereocenters. The maximum Gasteiger partial charge on any atom is 0.134 e. The highest BCUT2D eigenvalue weighted by molar-refractivity contribution is 5.87. The van der Waals surface area contributed by atoms with Gasteiger partial charge in [-0.2, -0.15) is 0 Å². The molecule has 0 aliphatic rings. The predicted molar refractivity (Wildman–Crippen MR) is 54.3 cm³/mol. The van der Waals surface area contributed by atoms with Crippen LogP contribution in [0.5, 0.6) is 0 Å². The van der Waals surface area contributed by atoms with Crippen molar-refractivity contribution >= 4 is 17.0 Å². The van der Waals surface area contributed by atoms with Crippen molar-refractivity contribution in [3.05, 3.63) is 41.9 Å². The maximum absolute atomic E-state index is 13.4. The van der Waals surface area contributed by atoms with Gasteiger partial charge in [-0.15, -0.1) is 0 Å². The average Bonchev–Trinajstić information content (AvgIpc) is 2.64. The third kappa shape index (κ3) is 1.42. The Kier molecular flexibility index (Phi) is 2.33. The zero-order valence-electron chi connectivity index (χ0n) is 7.53. The Bertz CT molecular complexity index is 473. The first-order valence-corrected chi connectivity index (χ1v) is 4.35. The van der Waals surface area contributed by atoms with Crippen molar-refractivity contribution in [3.8, 4) is 0 Å². The molecular weight excluding hydrogens is 181 g/mol. The van der Waals surface area contributed by atoms with Crippen LogP contribution < -0.4 is 5.73 Å². The monoisotopic (exact) mass is 191 g/mol. The lowest BCUT2D eigenvalue weighted by Gasteiger charge is -1.97. The van der Waals surface area contributed by atoms with E-state index >= 15 is 0 Å². The number of benzene rings is 1. The van der Waals surface area contributed by atoms with E-state index < -0.39 is 0 Å². The van der Waals surface area contributed by atoms with Crippen LogP contribution in [0.3, 0.4) is 0 Å². The van der Waals surface area contributed by atoms with Crippen LogP contribution in [0.4, 0.5) is 4.39 Å². The number of nitrogens with two attached hydrogens (primary N) is 1. The molecule has 1 aromatic heterocycles. The molecule has 0 saturated carbocycles. The molecule has 0 aliphatic heterocycles. The van der Waals surface area contributed by atoms with E-state index in [0.29, 0.717) is 17.7 Å². The molecule has 0 amide bonds. The van der Waals surface area contributed by atoms with E-state index in [-0.39, 0.29) is 5.82 Å². The minimum atomic E-state index is -0.261. The van der Waals surface area contributed by atoms with Gasteiger partial charge in [-0.3, -0.25) is 0 Å². The summed E-state index contributed by atoms with van der Waals surface area (Å²) in [5, 5.41) is 0.773. The highest BCUT2D eigenvalue weighted by atomic mass is 19.1. The van der Waals surface area contributed by atoms with E-state index in [1.54, 1.807) is 30.5 Å². The van der Waals surface area contributed by atoms with Crippen molar-refractivity contribution in [1.82, 2.24) is 0 Å². The highest BCUT2D eigenvalue weighted by Gasteiger charge is 2.05. The molecule has 0 bridgehead atoms. The van der Waals surface area contributed by atoms with Crippen molar-refractivity contribution in [1.29, 1.82) is 0 Å². The average molecular weight is 191 g/mol. The van der Waals surface area contributed by atoms with Crippen LogP contribution in [0, 0.1) is 5.82 Å². The molecule has 0 spiro atoms. The summed E-state index contributed by atoms with van der Waals surface area (Å²) in [6, 6.07) is 4.75. The van der Waals surface area contributed by atoms with Crippen molar-refractivity contribution in [2.45, 2.75) is 0 Å². The largest absolute Gasteiger partial charge is 0.464 e. The highest BCUT2D eigenvalue weighted by Crippen LogP contribution is 2.23. The van der Waals surface area contributed by atoms with Gasteiger partial charge in [0, 0.05) is 17.5 Å². The topological polar surface area (TPSA) is 39.2 Å². The third-order valence-corrected chi connectivity index (χ3v) is 2.04. The maximum atomic E-state index is 13.4. The first-order chi connectivity index (χ1) is 6.83. The van der Waals surface area contributed by atoms with Gasteiger partial charge >= 0.3 is 0 Å². The molecule has 2 aromatic rings. The van der Waals surface area contributed by atoms with Gasteiger partial charge in [0.2, 0.25) is 0 Å². The molecule has 0 aliphatic carbocycles. The molecule has 3 heteroatoms. The van der Waals surface area contributed by atoms with Gasteiger partial charge in [-0.05, 0) is 18.2 Å². The summed E-state index contributed by atoms with van der Waals surface area (Å²) in [5.74, 6) is -0.261. The fourth-order valence-electron chi connectivity index (χ4n) is 1.40. The van der Waals surface area contributed by atoms with E-state index in [1.807, 2.05) is 0 Å². The van der Waals surface area contributed by atoms with Gasteiger partial charge in [0.1, 0.15) is 11.4 Å². The summed E-state index contributed by atoms with van der Waals surface area (Å²) in [5.41, 5.74) is 6.53. The van der Waals surface area contributed by atoms with Crippen LogP contribution in [-0.2, 0) is 0 Å². The number of hydrogen-bond donors (Lipinski definition) is 1. The fraction of sp³-hybridized carbons (Fsp3) is 0.0909. The van der Waals surface area contributed by atoms with Crippen LogP contribution in [0.1, 0.15) is 5.56 Å². The van der Waals surface area contributed by atoms with Crippen molar-refractivity contribution in [3.63, 3.8) is 0 Å². The van der Waals surface area contributed by atoms with E-state index in [4.69, 9.17) is 10.2 Å². The molecule has 72 valence electrons. The normalized spacial score (nSPS) is 11.6. The number of fused-ring (bicyclic) bond motifs is 1. The van der Waals surface area contributed by atoms with Crippen LogP contribution in [0.2, 0.25) is 0 Å². The van der Waals surface area contributed by atoms with E-state index in [1.165, 1.54) is 6.07 Å². The summed E-state index contributed by atoms with van der Waals surface area (Å²) < 4.78 is 18.5. The van der Waals surface area contributed by atoms with Crippen molar-refractivity contribution in [2.24, 2.45) is 5.73 Å². The Hall–Kier alpha value is -1.61. The molecule has 0 radical (unpaired) electrons. The Morgan fingerprint density at radius 2 is 2.21 bits per heavy atom. The fourth-order valence-corrected chi connectivity index (χ4v) is 1.40. The van der Waals surface area contributed by atoms with Crippen molar-refractivity contribution < 1.29 is 8.81 Å². The lowest BCUT2D eigenvalue weighted by molar-refractivity contribution is 0.609. The second-order valence-corrected chi connectivity index (χ2v) is 2.93. The predicted octanol–water partition coefficient (Wildman–Crippen LogP) is 2.54. The molecule has 2 nitrogen and oxygen atoms in total. The number of rotatable bonds is 2. The van der Waals surface area contributed by atoms with Crippen molar-refractivity contribution in [2.75, 3.05) is 6.54 Å². The summed E-state index contributed by atoms with van der Waals surface area (Å²) >= 11 is 0. The lowest BCUT2D eigenvalue weighted by atomic mass is 10.1. The summed E-state index contributed by atoms with van der Waals surface area (Å²) in [7, 11) is 0. The van der Waals surface area contributed by atoms with Crippen LogP contribution in [0.15, 0.2) is 35.0 Å². The summed E-state index contributed by atoms with van der Waals surface area (Å²) in [6.45, 7) is 0.397. The minimum absolute atomic E-state index is 0.261. The smallest absolute Gasteiger partial charge is 0.134 e. The van der Waals surface area contributed by atoms with Crippen LogP contribution >= 0.6 is 0 Å². The summed E-state index contributed by atoms with van der Waals surface area (Å²) in [6.07, 6.45) is 4.93. The Balaban J connectivity index is 2.64. The first-order valence-electron chi connectivity index (χ1n) is 4.35. The quantitative estimate of drug-likeness (QED) is 0.792. The summed E-state index contributed by atoms with van der Waals surface area (Å²) in [4.78, 5) is 0. The first kappa shape index (κ1) is 8.97. The Morgan fingerprint density at radius 1 is 1.36 bits per heavy atom. The van der Waals surface area contributed by atoms with Gasteiger partial charge in [0.15, 0.2) is 0 Å². The second kappa shape index (κ2) is 3.64. The molecule has 0 unspecified atom stereocenters. The zero-order valence-corrected chi connectivity index (χ0v) is 7.53. The number of halogens is 1. The van der Waals surface area contributed by atoms with Gasteiger partial charge in [-0.1, -0.05) is 12.2 Å². The molecule has 14 heavy (non-hydrogen) atoms. The van der Waals surface area contributed by atoms with Gasteiger partial charge < -0.3 is 10.2 Å². The van der Waals surface area contributed by atoms with Crippen LogP contribution in [-0.4, -0.2) is 6.54 Å². The molecule has 2 rings (SSSR count). The van der Waals surface area contributed by atoms with Crippen LogP contribution in [0.25, 0.3) is 17.0 Å². The van der Waals surface area contributed by atoms with E-state index in [9.17, 15) is 4.39 Å². The van der Waals surface area contributed by atoms with Gasteiger partial charge in [0.25, 0.3) is 0 Å². The minimum Gasteiger partial charge on any atom is -0.464 e. The van der Waals surface area contributed by atoms with Gasteiger partial charge in [-0.25, -0.2) is 4.39 Å². The SMILES string of the molecule is NC/C=C/c1c(F)ccc2occc12. The third-order valence-electron chi connectivity index (χ3n) is 2.04. The van der Waals surface area contributed by atoms with Gasteiger partial charge in [0.05, 0.1) is 6.26 Å². The standard InChI is InChI=1S/C11H10FNO/c12-10-3-4-11-9(5-7-14-11)8(10)2-1-6-13/h1-5,7H,6,13H2/b2-1+. The zero-order chi connectivity index (χ0) is 9.97. The molecule has 1 aromatic carbocycles. The second-order valence-electron chi connectivity index (χ2n) is 2.93. The molecule has 0 fully saturated rings. The molecule has 0 saturated heterocycles. The lowest BCUT2D eigenvalue weighted by Crippen LogP contribution is -1.92. The Morgan fingerprint density at radius 3 is 3.00 bits per heavy atom. The number of furan rings is 1. The molecule has 2 N–H and O–H groups in total. The molecular formula is C11H10FNO.